The van der Waals surface area contributed by atoms with Crippen LogP contribution in [0.1, 0.15) is 50.5 Å². The first-order chi connectivity index (χ1) is 14.8. The van der Waals surface area contributed by atoms with E-state index in [1.54, 1.807) is 7.11 Å². The maximum atomic E-state index is 5.79. The van der Waals surface area contributed by atoms with Crippen LogP contribution >= 0.6 is 0 Å². The van der Waals surface area contributed by atoms with Crippen molar-refractivity contribution in [2.75, 3.05) is 53.7 Å². The van der Waals surface area contributed by atoms with Crippen molar-refractivity contribution >= 4 is 5.96 Å². The number of methoxy groups -OCH3 is 1. The summed E-state index contributed by atoms with van der Waals surface area (Å²) in [4.78, 5) is 4.42. The van der Waals surface area contributed by atoms with Gasteiger partial charge in [0.2, 0.25) is 0 Å². The highest BCUT2D eigenvalue weighted by Crippen LogP contribution is 2.39. The van der Waals surface area contributed by atoms with Crippen molar-refractivity contribution in [3.05, 3.63) is 29.8 Å². The lowest BCUT2D eigenvalue weighted by molar-refractivity contribution is 0.0888. The van der Waals surface area contributed by atoms with E-state index in [2.05, 4.69) is 39.9 Å². The normalized spacial score (nSPS) is 21.4. The lowest BCUT2D eigenvalue weighted by atomic mass is 9.69. The third-order valence-corrected chi connectivity index (χ3v) is 6.47. The Morgan fingerprint density at radius 2 is 1.97 bits per heavy atom. The van der Waals surface area contributed by atoms with Crippen LogP contribution < -0.4 is 15.4 Å². The molecular formula is C24H39N3O3. The highest BCUT2D eigenvalue weighted by molar-refractivity contribution is 5.79. The van der Waals surface area contributed by atoms with Gasteiger partial charge in [-0.3, -0.25) is 4.99 Å². The minimum absolute atomic E-state index is 0.161. The number of nitrogens with zero attached hydrogens (tertiary/aromatic N) is 1. The first-order valence-electron chi connectivity index (χ1n) is 11.5. The second-order valence-corrected chi connectivity index (χ2v) is 8.58. The second kappa shape index (κ2) is 12.2. The molecule has 0 aromatic heterocycles. The summed E-state index contributed by atoms with van der Waals surface area (Å²) in [7, 11) is 3.56. The van der Waals surface area contributed by atoms with Gasteiger partial charge >= 0.3 is 0 Å². The van der Waals surface area contributed by atoms with Gasteiger partial charge in [0.15, 0.2) is 5.96 Å². The van der Waals surface area contributed by atoms with Gasteiger partial charge in [-0.05, 0) is 43.4 Å². The van der Waals surface area contributed by atoms with Gasteiger partial charge in [-0.15, -0.1) is 0 Å². The molecule has 30 heavy (non-hydrogen) atoms. The molecule has 3 rings (SSSR count). The molecular weight excluding hydrogens is 378 g/mol. The lowest BCUT2D eigenvalue weighted by Crippen LogP contribution is -2.46. The fourth-order valence-corrected chi connectivity index (χ4v) is 4.56. The molecule has 1 unspecified atom stereocenters. The predicted molar refractivity (Wildman–Crippen MR) is 121 cm³/mol. The van der Waals surface area contributed by atoms with Crippen molar-refractivity contribution < 1.29 is 14.2 Å². The highest BCUT2D eigenvalue weighted by Gasteiger charge is 2.34. The Bertz CT molecular complexity index is 636. The van der Waals surface area contributed by atoms with Crippen molar-refractivity contribution in [1.29, 1.82) is 0 Å². The Balaban J connectivity index is 1.43. The smallest absolute Gasteiger partial charge is 0.191 e. The van der Waals surface area contributed by atoms with Gasteiger partial charge in [0.25, 0.3) is 0 Å². The molecule has 1 aliphatic heterocycles. The first-order valence-corrected chi connectivity index (χ1v) is 11.5. The molecule has 1 aromatic rings. The van der Waals surface area contributed by atoms with E-state index in [1.807, 2.05) is 7.05 Å². The Kier molecular flexibility index (Phi) is 9.27. The molecule has 0 spiro atoms. The minimum atomic E-state index is 0.161. The number of hydrogen-bond acceptors (Lipinski definition) is 4. The van der Waals surface area contributed by atoms with Gasteiger partial charge in [0.1, 0.15) is 5.75 Å². The van der Waals surface area contributed by atoms with Crippen LogP contribution in [0.25, 0.3) is 0 Å². The molecule has 0 bridgehead atoms. The van der Waals surface area contributed by atoms with Crippen molar-refractivity contribution in [1.82, 2.24) is 10.6 Å². The quantitative estimate of drug-likeness (QED) is 0.347. The van der Waals surface area contributed by atoms with Crippen LogP contribution in [0.2, 0.25) is 0 Å². The van der Waals surface area contributed by atoms with E-state index in [4.69, 9.17) is 14.2 Å². The number of nitrogens with one attached hydrogen (secondary N) is 2. The van der Waals surface area contributed by atoms with E-state index >= 15 is 0 Å². The van der Waals surface area contributed by atoms with Crippen LogP contribution in [0.4, 0.5) is 0 Å². The summed E-state index contributed by atoms with van der Waals surface area (Å²) < 4.78 is 16.5. The summed E-state index contributed by atoms with van der Waals surface area (Å²) in [6.45, 7) is 5.08. The van der Waals surface area contributed by atoms with Crippen molar-refractivity contribution in [3.63, 3.8) is 0 Å². The lowest BCUT2D eigenvalue weighted by Gasteiger charge is -2.38. The van der Waals surface area contributed by atoms with Gasteiger partial charge in [0.05, 0.1) is 20.3 Å². The third-order valence-electron chi connectivity index (χ3n) is 6.47. The zero-order valence-corrected chi connectivity index (χ0v) is 18.8. The largest absolute Gasteiger partial charge is 0.497 e. The van der Waals surface area contributed by atoms with Crippen molar-refractivity contribution in [2.45, 2.75) is 50.4 Å². The average Bonchev–Trinajstić information content (AvgIpc) is 3.32. The number of rotatable bonds is 10. The van der Waals surface area contributed by atoms with Crippen LogP contribution in [0.5, 0.6) is 5.75 Å². The van der Waals surface area contributed by atoms with Gasteiger partial charge in [0, 0.05) is 44.7 Å². The van der Waals surface area contributed by atoms with E-state index < -0.39 is 0 Å². The molecule has 1 aliphatic carbocycles. The number of aliphatic imine (C=N–C) groups is 1. The van der Waals surface area contributed by atoms with Crippen molar-refractivity contribution in [3.8, 4) is 5.75 Å². The van der Waals surface area contributed by atoms with Crippen LogP contribution in [-0.2, 0) is 14.9 Å². The molecule has 2 fully saturated rings. The Morgan fingerprint density at radius 3 is 2.63 bits per heavy atom. The predicted octanol–water partition coefficient (Wildman–Crippen LogP) is 3.51. The number of ether oxygens (including phenoxy) is 3. The maximum absolute atomic E-state index is 5.79. The monoisotopic (exact) mass is 417 g/mol. The van der Waals surface area contributed by atoms with E-state index in [0.29, 0.717) is 5.92 Å². The van der Waals surface area contributed by atoms with E-state index in [0.717, 1.165) is 64.1 Å². The fourth-order valence-electron chi connectivity index (χ4n) is 4.56. The SMILES string of the molecule is CN=C(NCCCOCC1CCOC1)NCC1(c2ccc(OC)cc2)CCCCC1. The average molecular weight is 418 g/mol. The highest BCUT2D eigenvalue weighted by atomic mass is 16.5. The van der Waals surface area contributed by atoms with Gasteiger partial charge in [-0.1, -0.05) is 31.4 Å². The van der Waals surface area contributed by atoms with Crippen LogP contribution in [0, 0.1) is 5.92 Å². The van der Waals surface area contributed by atoms with Gasteiger partial charge in [-0.2, -0.15) is 0 Å². The summed E-state index contributed by atoms with van der Waals surface area (Å²) >= 11 is 0. The summed E-state index contributed by atoms with van der Waals surface area (Å²) in [5.74, 6) is 2.37. The molecule has 6 heteroatoms. The summed E-state index contributed by atoms with van der Waals surface area (Å²) in [5.41, 5.74) is 1.56. The number of hydrogen-bond donors (Lipinski definition) is 2. The summed E-state index contributed by atoms with van der Waals surface area (Å²) in [6, 6.07) is 8.62. The Labute approximate surface area is 181 Å². The molecule has 1 aromatic carbocycles. The molecule has 168 valence electrons. The first kappa shape index (κ1) is 22.9. The van der Waals surface area contributed by atoms with E-state index in [9.17, 15) is 0 Å². The molecule has 0 radical (unpaired) electrons. The number of benzene rings is 1. The maximum Gasteiger partial charge on any atom is 0.191 e. The third kappa shape index (κ3) is 6.61. The zero-order chi connectivity index (χ0) is 21.1. The zero-order valence-electron chi connectivity index (χ0n) is 18.8. The standard InChI is InChI=1S/C24H39N3O3/c1-25-23(26-14-6-15-29-17-20-11-16-30-18-20)27-19-24(12-4-3-5-13-24)21-7-9-22(28-2)10-8-21/h7-10,20H,3-6,11-19H2,1-2H3,(H2,25,26,27). The van der Waals surface area contributed by atoms with Crippen molar-refractivity contribution in [2.24, 2.45) is 10.9 Å². The molecule has 6 nitrogen and oxygen atoms in total. The number of guanidine groups is 1. The van der Waals surface area contributed by atoms with Gasteiger partial charge < -0.3 is 24.8 Å². The molecule has 1 saturated heterocycles. The minimum Gasteiger partial charge on any atom is -0.497 e. The summed E-state index contributed by atoms with van der Waals surface area (Å²) in [5, 5.41) is 7.03. The molecule has 1 heterocycles. The van der Waals surface area contributed by atoms with Gasteiger partial charge in [-0.25, -0.2) is 0 Å². The van der Waals surface area contributed by atoms with Crippen LogP contribution in [0.15, 0.2) is 29.3 Å². The molecule has 0 amide bonds. The second-order valence-electron chi connectivity index (χ2n) is 8.58. The van der Waals surface area contributed by atoms with E-state index in [-0.39, 0.29) is 5.41 Å². The Hall–Kier alpha value is -1.79. The Morgan fingerprint density at radius 1 is 1.17 bits per heavy atom. The summed E-state index contributed by atoms with van der Waals surface area (Å²) in [6.07, 6.45) is 8.41. The van der Waals surface area contributed by atoms with Crippen LogP contribution in [-0.4, -0.2) is 59.6 Å². The van der Waals surface area contributed by atoms with Crippen LogP contribution in [0.3, 0.4) is 0 Å². The topological polar surface area (TPSA) is 64.1 Å². The fraction of sp³-hybridized carbons (Fsp3) is 0.708. The van der Waals surface area contributed by atoms with E-state index in [1.165, 1.54) is 37.7 Å². The molecule has 1 atom stereocenters. The molecule has 1 saturated carbocycles. The molecule has 2 aliphatic rings. The molecule has 2 N–H and O–H groups in total.